The van der Waals surface area contributed by atoms with Crippen molar-refractivity contribution in [3.63, 3.8) is 0 Å². The Labute approximate surface area is 195 Å². The number of nitrogens with one attached hydrogen (secondary N) is 1. The maximum absolute atomic E-state index is 13.3. The monoisotopic (exact) mass is 469 g/mol. The van der Waals surface area contributed by atoms with E-state index in [1.807, 2.05) is 17.0 Å². The molecule has 2 amide bonds. The van der Waals surface area contributed by atoms with Crippen LogP contribution in [-0.4, -0.2) is 55.6 Å². The van der Waals surface area contributed by atoms with Gasteiger partial charge in [-0.05, 0) is 73.6 Å². The molecule has 1 saturated carbocycles. The van der Waals surface area contributed by atoms with Crippen molar-refractivity contribution in [2.45, 2.75) is 50.1 Å². The second kappa shape index (κ2) is 9.65. The Kier molecular flexibility index (Phi) is 6.86. The van der Waals surface area contributed by atoms with Crippen LogP contribution < -0.4 is 5.32 Å². The molecular formula is C25H31N3O4S. The van der Waals surface area contributed by atoms with E-state index < -0.39 is 10.0 Å². The van der Waals surface area contributed by atoms with Gasteiger partial charge in [0.25, 0.3) is 11.8 Å². The minimum absolute atomic E-state index is 0.108. The van der Waals surface area contributed by atoms with Crippen LogP contribution in [0.1, 0.15) is 58.9 Å². The number of sulfonamides is 1. The van der Waals surface area contributed by atoms with Gasteiger partial charge in [-0.25, -0.2) is 8.42 Å². The lowest BCUT2D eigenvalue weighted by molar-refractivity contribution is 0.0729. The van der Waals surface area contributed by atoms with E-state index in [0.717, 1.165) is 31.2 Å². The molecule has 0 unspecified atom stereocenters. The van der Waals surface area contributed by atoms with E-state index >= 15 is 0 Å². The number of piperidine rings is 1. The van der Waals surface area contributed by atoms with E-state index in [2.05, 4.69) is 12.2 Å². The molecule has 1 N–H and O–H groups in total. The van der Waals surface area contributed by atoms with Gasteiger partial charge in [0.2, 0.25) is 10.0 Å². The highest BCUT2D eigenvalue weighted by molar-refractivity contribution is 7.89. The van der Waals surface area contributed by atoms with Crippen LogP contribution in [0, 0.1) is 5.92 Å². The van der Waals surface area contributed by atoms with Crippen LogP contribution in [0.25, 0.3) is 0 Å². The lowest BCUT2D eigenvalue weighted by atomic mass is 10.0. The van der Waals surface area contributed by atoms with Gasteiger partial charge in [0.1, 0.15) is 0 Å². The highest BCUT2D eigenvalue weighted by Gasteiger charge is 2.33. The maximum atomic E-state index is 13.3. The molecule has 0 radical (unpaired) electrons. The van der Waals surface area contributed by atoms with Crippen LogP contribution in [0.15, 0.2) is 53.4 Å². The summed E-state index contributed by atoms with van der Waals surface area (Å²) < 4.78 is 27.5. The van der Waals surface area contributed by atoms with E-state index in [1.165, 1.54) is 0 Å². The first kappa shape index (κ1) is 23.4. The Morgan fingerprint density at radius 1 is 0.939 bits per heavy atom. The third-order valence-corrected chi connectivity index (χ3v) is 8.44. The van der Waals surface area contributed by atoms with Gasteiger partial charge in [0, 0.05) is 43.9 Å². The number of hydrogen-bond acceptors (Lipinski definition) is 4. The van der Waals surface area contributed by atoms with Crippen molar-refractivity contribution in [2.75, 3.05) is 20.1 Å². The molecular weight excluding hydrogens is 438 g/mol. The summed E-state index contributed by atoms with van der Waals surface area (Å²) in [5.74, 6) is 0.291. The largest absolute Gasteiger partial charge is 0.355 e. The van der Waals surface area contributed by atoms with Crippen molar-refractivity contribution in [1.82, 2.24) is 14.5 Å². The Morgan fingerprint density at radius 3 is 2.06 bits per heavy atom. The van der Waals surface area contributed by atoms with Crippen LogP contribution in [0.2, 0.25) is 0 Å². The quantitative estimate of drug-likeness (QED) is 0.674. The number of hydrogen-bond donors (Lipinski definition) is 1. The molecule has 0 spiro atoms. The lowest BCUT2D eigenvalue weighted by Gasteiger charge is -2.29. The van der Waals surface area contributed by atoms with Gasteiger partial charge in [0.05, 0.1) is 4.90 Å². The highest BCUT2D eigenvalue weighted by atomic mass is 32.2. The number of carbonyl (C=O) groups is 2. The molecule has 2 aromatic carbocycles. The van der Waals surface area contributed by atoms with Gasteiger partial charge >= 0.3 is 0 Å². The summed E-state index contributed by atoms with van der Waals surface area (Å²) in [4.78, 5) is 27.1. The van der Waals surface area contributed by atoms with Gasteiger partial charge in [-0.2, -0.15) is 4.31 Å². The molecule has 0 bridgehead atoms. The normalized spacial score (nSPS) is 17.5. The van der Waals surface area contributed by atoms with Gasteiger partial charge in [-0.3, -0.25) is 9.59 Å². The molecule has 8 heteroatoms. The molecule has 2 aliphatic rings. The van der Waals surface area contributed by atoms with Gasteiger partial charge in [0.15, 0.2) is 0 Å². The average molecular weight is 470 g/mol. The van der Waals surface area contributed by atoms with Gasteiger partial charge in [-0.1, -0.05) is 19.1 Å². The first-order chi connectivity index (χ1) is 15.8. The fourth-order valence-corrected chi connectivity index (χ4v) is 5.63. The molecule has 2 fully saturated rings. The van der Waals surface area contributed by atoms with Crippen molar-refractivity contribution in [2.24, 2.45) is 5.92 Å². The first-order valence-electron chi connectivity index (χ1n) is 11.5. The summed E-state index contributed by atoms with van der Waals surface area (Å²) in [5.41, 5.74) is 2.00. The van der Waals surface area contributed by atoms with Crippen LogP contribution in [0.5, 0.6) is 0 Å². The third kappa shape index (κ3) is 5.28. The number of carbonyl (C=O) groups excluding carboxylic acids is 2. The minimum atomic E-state index is -3.54. The molecule has 7 nitrogen and oxygen atoms in total. The molecule has 0 atom stereocenters. The van der Waals surface area contributed by atoms with Crippen LogP contribution in [-0.2, 0) is 16.6 Å². The summed E-state index contributed by atoms with van der Waals surface area (Å²) in [6, 6.07) is 13.8. The Morgan fingerprint density at radius 2 is 1.52 bits per heavy atom. The van der Waals surface area contributed by atoms with E-state index in [0.29, 0.717) is 36.7 Å². The highest BCUT2D eigenvalue weighted by Crippen LogP contribution is 2.30. The molecule has 0 aromatic heterocycles. The van der Waals surface area contributed by atoms with Crippen molar-refractivity contribution in [3.05, 3.63) is 65.2 Å². The summed E-state index contributed by atoms with van der Waals surface area (Å²) >= 11 is 0. The molecule has 1 saturated heterocycles. The summed E-state index contributed by atoms with van der Waals surface area (Å²) in [7, 11) is -1.95. The molecule has 1 heterocycles. The SMILES string of the molecule is CNC(=O)c1ccc(CN(C(=O)c2ccc(S(=O)(=O)N3CCC(C)CC3)cc2)C2CC2)cc1. The van der Waals surface area contributed by atoms with Gasteiger partial charge < -0.3 is 10.2 Å². The average Bonchev–Trinajstić information content (AvgIpc) is 3.68. The number of amides is 2. The summed E-state index contributed by atoms with van der Waals surface area (Å²) in [5, 5.41) is 2.60. The molecule has 33 heavy (non-hydrogen) atoms. The zero-order chi connectivity index (χ0) is 23.6. The summed E-state index contributed by atoms with van der Waals surface area (Å²) in [6.07, 6.45) is 3.66. The fraction of sp³-hybridized carbons (Fsp3) is 0.440. The predicted molar refractivity (Wildman–Crippen MR) is 126 cm³/mol. The topological polar surface area (TPSA) is 86.8 Å². The molecule has 1 aliphatic heterocycles. The second-order valence-electron chi connectivity index (χ2n) is 9.05. The molecule has 1 aliphatic carbocycles. The minimum Gasteiger partial charge on any atom is -0.355 e. The predicted octanol–water partition coefficient (Wildman–Crippen LogP) is 3.27. The standard InChI is InChI=1S/C25H31N3O4S/c1-18-13-15-27(16-14-18)33(31,32)23-11-7-21(8-12-23)25(30)28(22-9-10-22)17-19-3-5-20(6-4-19)24(29)26-2/h3-8,11-12,18,22H,9-10,13-17H2,1-2H3,(H,26,29). The number of rotatable bonds is 7. The fourth-order valence-electron chi connectivity index (χ4n) is 4.17. The van der Waals surface area contributed by atoms with E-state index in [1.54, 1.807) is 47.8 Å². The Balaban J connectivity index is 1.47. The number of benzene rings is 2. The third-order valence-electron chi connectivity index (χ3n) is 6.53. The van der Waals surface area contributed by atoms with E-state index in [-0.39, 0.29) is 22.8 Å². The zero-order valence-corrected chi connectivity index (χ0v) is 20.0. The molecule has 2 aromatic rings. The first-order valence-corrected chi connectivity index (χ1v) is 13.0. The van der Waals surface area contributed by atoms with E-state index in [9.17, 15) is 18.0 Å². The lowest BCUT2D eigenvalue weighted by Crippen LogP contribution is -2.37. The van der Waals surface area contributed by atoms with E-state index in [4.69, 9.17) is 0 Å². The maximum Gasteiger partial charge on any atom is 0.254 e. The van der Waals surface area contributed by atoms with Crippen LogP contribution in [0.4, 0.5) is 0 Å². The molecule has 176 valence electrons. The zero-order valence-electron chi connectivity index (χ0n) is 19.2. The Bertz CT molecular complexity index is 1100. The van der Waals surface area contributed by atoms with Gasteiger partial charge in [-0.15, -0.1) is 0 Å². The van der Waals surface area contributed by atoms with Crippen molar-refractivity contribution < 1.29 is 18.0 Å². The molecule has 4 rings (SSSR count). The number of nitrogens with zero attached hydrogens (tertiary/aromatic N) is 2. The van der Waals surface area contributed by atoms with Crippen molar-refractivity contribution in [1.29, 1.82) is 0 Å². The summed E-state index contributed by atoms with van der Waals surface area (Å²) in [6.45, 7) is 3.67. The van der Waals surface area contributed by atoms with Crippen LogP contribution >= 0.6 is 0 Å². The van der Waals surface area contributed by atoms with Crippen molar-refractivity contribution in [3.8, 4) is 0 Å². The second-order valence-corrected chi connectivity index (χ2v) is 11.0. The Hall–Kier alpha value is -2.71. The smallest absolute Gasteiger partial charge is 0.254 e. The van der Waals surface area contributed by atoms with Crippen LogP contribution in [0.3, 0.4) is 0 Å². The van der Waals surface area contributed by atoms with Crippen molar-refractivity contribution >= 4 is 21.8 Å².